The lowest BCUT2D eigenvalue weighted by atomic mass is 10.1. The van der Waals surface area contributed by atoms with Gasteiger partial charge in [0.15, 0.2) is 0 Å². The first-order valence-electron chi connectivity index (χ1n) is 5.40. The molecule has 0 amide bonds. The molecule has 1 atom stereocenters. The molecular formula is C10H18N4. The second-order valence-corrected chi connectivity index (χ2v) is 4.14. The molecule has 0 spiro atoms. The molecule has 0 aromatic carbocycles. The quantitative estimate of drug-likeness (QED) is 0.775. The first-order valence-corrected chi connectivity index (χ1v) is 5.40. The first-order chi connectivity index (χ1) is 6.74. The average molecular weight is 194 g/mol. The van der Waals surface area contributed by atoms with Gasteiger partial charge in [-0.05, 0) is 6.42 Å². The van der Waals surface area contributed by atoms with Gasteiger partial charge in [-0.1, -0.05) is 20.8 Å². The van der Waals surface area contributed by atoms with Crippen molar-refractivity contribution in [1.29, 1.82) is 0 Å². The highest BCUT2D eigenvalue weighted by Gasteiger charge is 2.23. The van der Waals surface area contributed by atoms with Gasteiger partial charge in [-0.2, -0.15) is 0 Å². The molecule has 1 aliphatic heterocycles. The molecular weight excluding hydrogens is 176 g/mol. The van der Waals surface area contributed by atoms with Crippen molar-refractivity contribution in [2.45, 2.75) is 45.7 Å². The predicted octanol–water partition coefficient (Wildman–Crippen LogP) is 1.46. The van der Waals surface area contributed by atoms with E-state index < -0.39 is 0 Å². The van der Waals surface area contributed by atoms with Crippen LogP contribution in [0.3, 0.4) is 0 Å². The Kier molecular flexibility index (Phi) is 2.54. The maximum atomic E-state index is 4.28. The normalized spacial score (nSPS) is 21.3. The van der Waals surface area contributed by atoms with Crippen LogP contribution in [0.25, 0.3) is 0 Å². The molecule has 0 radical (unpaired) electrons. The Hall–Kier alpha value is -0.900. The number of aromatic nitrogens is 3. The summed E-state index contributed by atoms with van der Waals surface area (Å²) in [7, 11) is 0. The molecule has 4 nitrogen and oxygen atoms in total. The van der Waals surface area contributed by atoms with Crippen LogP contribution in [0.4, 0.5) is 0 Å². The minimum Gasteiger partial charge on any atom is -0.312 e. The third-order valence-electron chi connectivity index (χ3n) is 2.77. The number of hydrogen-bond acceptors (Lipinski definition) is 3. The zero-order valence-electron chi connectivity index (χ0n) is 9.12. The van der Waals surface area contributed by atoms with Crippen LogP contribution in [0.15, 0.2) is 0 Å². The van der Waals surface area contributed by atoms with Crippen LogP contribution in [0, 0.1) is 0 Å². The zero-order valence-corrected chi connectivity index (χ0v) is 9.12. The lowest BCUT2D eigenvalue weighted by molar-refractivity contribution is 0.397. The van der Waals surface area contributed by atoms with E-state index in [1.54, 1.807) is 0 Å². The largest absolute Gasteiger partial charge is 0.312 e. The second kappa shape index (κ2) is 3.69. The Morgan fingerprint density at radius 2 is 2.29 bits per heavy atom. The van der Waals surface area contributed by atoms with Gasteiger partial charge in [0.25, 0.3) is 0 Å². The third kappa shape index (κ3) is 1.43. The molecule has 1 aromatic rings. The minimum atomic E-state index is 0.392. The molecule has 0 bridgehead atoms. The number of nitrogens with zero attached hydrogens (tertiary/aromatic N) is 3. The van der Waals surface area contributed by atoms with E-state index in [0.29, 0.717) is 12.0 Å². The average Bonchev–Trinajstić information content (AvgIpc) is 2.60. The van der Waals surface area contributed by atoms with E-state index in [1.807, 2.05) is 0 Å². The van der Waals surface area contributed by atoms with Crippen molar-refractivity contribution in [2.24, 2.45) is 0 Å². The highest BCUT2D eigenvalue weighted by molar-refractivity contribution is 5.06. The van der Waals surface area contributed by atoms with Crippen LogP contribution in [-0.4, -0.2) is 21.3 Å². The predicted molar refractivity (Wildman–Crippen MR) is 55.1 cm³/mol. The zero-order chi connectivity index (χ0) is 10.1. The monoisotopic (exact) mass is 194 g/mol. The smallest absolute Gasteiger partial charge is 0.150 e. The van der Waals surface area contributed by atoms with Crippen molar-refractivity contribution in [1.82, 2.24) is 20.1 Å². The van der Waals surface area contributed by atoms with E-state index in [9.17, 15) is 0 Å². The van der Waals surface area contributed by atoms with E-state index >= 15 is 0 Å². The van der Waals surface area contributed by atoms with Gasteiger partial charge < -0.3 is 9.88 Å². The number of fused-ring (bicyclic) bond motifs is 1. The van der Waals surface area contributed by atoms with Gasteiger partial charge in [-0.3, -0.25) is 0 Å². The fraction of sp³-hybridized carbons (Fsp3) is 0.800. The highest BCUT2D eigenvalue weighted by Crippen LogP contribution is 2.22. The Balaban J connectivity index is 2.37. The van der Waals surface area contributed by atoms with E-state index in [2.05, 4.69) is 40.9 Å². The summed E-state index contributed by atoms with van der Waals surface area (Å²) in [6.45, 7) is 8.55. The SMILES string of the molecule is CCC1NCCn2c(C(C)C)nnc21. The van der Waals surface area contributed by atoms with Crippen LogP contribution >= 0.6 is 0 Å². The van der Waals surface area contributed by atoms with Crippen molar-refractivity contribution < 1.29 is 0 Å². The van der Waals surface area contributed by atoms with Crippen LogP contribution in [0.5, 0.6) is 0 Å². The number of nitrogens with one attached hydrogen (secondary N) is 1. The summed E-state index contributed by atoms with van der Waals surface area (Å²) in [6, 6.07) is 0.392. The highest BCUT2D eigenvalue weighted by atomic mass is 15.3. The van der Waals surface area contributed by atoms with E-state index in [0.717, 1.165) is 31.2 Å². The third-order valence-corrected chi connectivity index (χ3v) is 2.77. The van der Waals surface area contributed by atoms with Gasteiger partial charge in [0, 0.05) is 19.0 Å². The van der Waals surface area contributed by atoms with Crippen molar-refractivity contribution >= 4 is 0 Å². The Bertz CT molecular complexity index is 316. The summed E-state index contributed by atoms with van der Waals surface area (Å²) in [4.78, 5) is 0. The summed E-state index contributed by atoms with van der Waals surface area (Å²) < 4.78 is 2.27. The molecule has 78 valence electrons. The van der Waals surface area contributed by atoms with Crippen LogP contribution in [0.1, 0.15) is 50.8 Å². The molecule has 0 saturated heterocycles. The van der Waals surface area contributed by atoms with E-state index in [4.69, 9.17) is 0 Å². The van der Waals surface area contributed by atoms with Crippen molar-refractivity contribution in [3.8, 4) is 0 Å². The molecule has 0 saturated carbocycles. The van der Waals surface area contributed by atoms with Crippen molar-refractivity contribution in [2.75, 3.05) is 6.54 Å². The molecule has 1 unspecified atom stereocenters. The minimum absolute atomic E-state index is 0.392. The summed E-state index contributed by atoms with van der Waals surface area (Å²) >= 11 is 0. The Morgan fingerprint density at radius 1 is 1.50 bits per heavy atom. The van der Waals surface area contributed by atoms with Crippen LogP contribution < -0.4 is 5.32 Å². The number of rotatable bonds is 2. The summed E-state index contributed by atoms with van der Waals surface area (Å²) in [5, 5.41) is 12.0. The van der Waals surface area contributed by atoms with Gasteiger partial charge in [0.05, 0.1) is 6.04 Å². The fourth-order valence-electron chi connectivity index (χ4n) is 2.01. The maximum Gasteiger partial charge on any atom is 0.150 e. The van der Waals surface area contributed by atoms with Crippen molar-refractivity contribution in [3.63, 3.8) is 0 Å². The van der Waals surface area contributed by atoms with Crippen LogP contribution in [-0.2, 0) is 6.54 Å². The summed E-state index contributed by atoms with van der Waals surface area (Å²) in [5.41, 5.74) is 0. The standard InChI is InChI=1S/C10H18N4/c1-4-8-10-13-12-9(7(2)3)14(10)6-5-11-8/h7-8,11H,4-6H2,1-3H3. The second-order valence-electron chi connectivity index (χ2n) is 4.14. The lowest BCUT2D eigenvalue weighted by Gasteiger charge is -2.24. The molecule has 1 N–H and O–H groups in total. The topological polar surface area (TPSA) is 42.7 Å². The van der Waals surface area contributed by atoms with Gasteiger partial charge in [-0.15, -0.1) is 10.2 Å². The molecule has 0 fully saturated rings. The van der Waals surface area contributed by atoms with Gasteiger partial charge in [0.1, 0.15) is 11.6 Å². The van der Waals surface area contributed by atoms with Gasteiger partial charge >= 0.3 is 0 Å². The summed E-state index contributed by atoms with van der Waals surface area (Å²) in [6.07, 6.45) is 1.08. The van der Waals surface area contributed by atoms with Gasteiger partial charge in [-0.25, -0.2) is 0 Å². The molecule has 14 heavy (non-hydrogen) atoms. The molecule has 2 heterocycles. The fourth-order valence-corrected chi connectivity index (χ4v) is 2.01. The lowest BCUT2D eigenvalue weighted by Crippen LogP contribution is -2.34. The molecule has 2 rings (SSSR count). The maximum absolute atomic E-state index is 4.28. The molecule has 0 aliphatic carbocycles. The molecule has 4 heteroatoms. The molecule has 1 aromatic heterocycles. The van der Waals surface area contributed by atoms with E-state index in [1.165, 1.54) is 0 Å². The Labute approximate surface area is 84.7 Å². The number of hydrogen-bond donors (Lipinski definition) is 1. The van der Waals surface area contributed by atoms with Crippen molar-refractivity contribution in [3.05, 3.63) is 11.6 Å². The first kappa shape index (κ1) is 9.65. The summed E-state index contributed by atoms with van der Waals surface area (Å²) in [5.74, 6) is 2.70. The molecule has 1 aliphatic rings. The van der Waals surface area contributed by atoms with Crippen LogP contribution in [0.2, 0.25) is 0 Å². The Morgan fingerprint density at radius 3 is 2.93 bits per heavy atom. The van der Waals surface area contributed by atoms with E-state index in [-0.39, 0.29) is 0 Å². The van der Waals surface area contributed by atoms with Gasteiger partial charge in [0.2, 0.25) is 0 Å².